The van der Waals surface area contributed by atoms with E-state index in [1.165, 1.54) is 22.1 Å². The summed E-state index contributed by atoms with van der Waals surface area (Å²) in [5, 5.41) is 1.27. The summed E-state index contributed by atoms with van der Waals surface area (Å²) in [6.45, 7) is 2.18. The average molecular weight is 233 g/mol. The Bertz CT molecular complexity index is 672. The smallest absolute Gasteiger partial charge is 0.0705 e. The quantitative estimate of drug-likeness (QED) is 0.636. The fourth-order valence-corrected chi connectivity index (χ4v) is 2.31. The first kappa shape index (κ1) is 11.0. The van der Waals surface area contributed by atoms with Gasteiger partial charge in [-0.3, -0.25) is 4.98 Å². The minimum atomic E-state index is 1.04. The Kier molecular flexibility index (Phi) is 2.81. The van der Waals surface area contributed by atoms with Crippen molar-refractivity contribution in [3.8, 4) is 11.1 Å². The normalized spacial score (nSPS) is 10.7. The van der Waals surface area contributed by atoms with E-state index in [1.807, 2.05) is 12.3 Å². The Labute approximate surface area is 107 Å². The Morgan fingerprint density at radius 2 is 1.72 bits per heavy atom. The maximum absolute atomic E-state index is 4.57. The second kappa shape index (κ2) is 4.61. The number of nitrogens with zero attached hydrogens (tertiary/aromatic N) is 1. The molecular formula is C17H15N. The molecular weight excluding hydrogens is 218 g/mol. The summed E-state index contributed by atoms with van der Waals surface area (Å²) in [6, 6.07) is 19.0. The lowest BCUT2D eigenvalue weighted by atomic mass is 10.0. The van der Waals surface area contributed by atoms with Crippen molar-refractivity contribution in [1.82, 2.24) is 4.98 Å². The van der Waals surface area contributed by atoms with Gasteiger partial charge in [0.25, 0.3) is 0 Å². The van der Waals surface area contributed by atoms with E-state index < -0.39 is 0 Å². The summed E-state index contributed by atoms with van der Waals surface area (Å²) in [7, 11) is 0. The van der Waals surface area contributed by atoms with Crippen LogP contribution in [-0.2, 0) is 6.42 Å². The molecule has 0 atom stereocenters. The standard InChI is InChI=1S/C17H15N/c1-2-13-9-6-10-17-16(13)11-15(12-18-17)14-7-4-3-5-8-14/h3-12H,2H2,1H3. The SMILES string of the molecule is CCc1cccc2ncc(-c3ccccc3)cc12. The lowest BCUT2D eigenvalue weighted by Crippen LogP contribution is -1.87. The zero-order valence-corrected chi connectivity index (χ0v) is 10.4. The van der Waals surface area contributed by atoms with Gasteiger partial charge in [-0.25, -0.2) is 0 Å². The summed E-state index contributed by atoms with van der Waals surface area (Å²) in [5.41, 5.74) is 4.84. The van der Waals surface area contributed by atoms with E-state index in [9.17, 15) is 0 Å². The molecule has 1 nitrogen and oxygen atoms in total. The maximum atomic E-state index is 4.57. The van der Waals surface area contributed by atoms with Crippen LogP contribution in [0.15, 0.2) is 60.8 Å². The van der Waals surface area contributed by atoms with Gasteiger partial charge in [0.15, 0.2) is 0 Å². The monoisotopic (exact) mass is 233 g/mol. The fraction of sp³-hybridized carbons (Fsp3) is 0.118. The molecule has 0 fully saturated rings. The summed E-state index contributed by atoms with van der Waals surface area (Å²) in [4.78, 5) is 4.57. The topological polar surface area (TPSA) is 12.9 Å². The molecule has 2 aromatic carbocycles. The number of fused-ring (bicyclic) bond motifs is 1. The van der Waals surface area contributed by atoms with E-state index in [-0.39, 0.29) is 0 Å². The number of benzene rings is 2. The van der Waals surface area contributed by atoms with Crippen LogP contribution in [0.5, 0.6) is 0 Å². The van der Waals surface area contributed by atoms with Gasteiger partial charge in [-0.15, -0.1) is 0 Å². The minimum Gasteiger partial charge on any atom is -0.256 e. The third kappa shape index (κ3) is 1.88. The predicted octanol–water partition coefficient (Wildman–Crippen LogP) is 4.46. The second-order valence-corrected chi connectivity index (χ2v) is 4.43. The molecule has 0 aliphatic rings. The molecule has 88 valence electrons. The van der Waals surface area contributed by atoms with Crippen LogP contribution in [0.25, 0.3) is 22.0 Å². The number of rotatable bonds is 2. The van der Waals surface area contributed by atoms with Crippen molar-refractivity contribution in [3.63, 3.8) is 0 Å². The van der Waals surface area contributed by atoms with Crippen molar-refractivity contribution in [2.45, 2.75) is 13.3 Å². The van der Waals surface area contributed by atoms with Gasteiger partial charge >= 0.3 is 0 Å². The predicted molar refractivity (Wildman–Crippen MR) is 76.6 cm³/mol. The molecule has 1 heteroatoms. The summed E-state index contributed by atoms with van der Waals surface area (Å²) in [5.74, 6) is 0. The van der Waals surface area contributed by atoms with Crippen molar-refractivity contribution in [3.05, 3.63) is 66.4 Å². The maximum Gasteiger partial charge on any atom is 0.0705 e. The van der Waals surface area contributed by atoms with Gasteiger partial charge in [0.2, 0.25) is 0 Å². The first-order valence-electron chi connectivity index (χ1n) is 6.31. The highest BCUT2D eigenvalue weighted by Gasteiger charge is 2.03. The Hall–Kier alpha value is -2.15. The van der Waals surface area contributed by atoms with Crippen molar-refractivity contribution in [2.24, 2.45) is 0 Å². The molecule has 0 saturated heterocycles. The van der Waals surface area contributed by atoms with Crippen LogP contribution in [0.1, 0.15) is 12.5 Å². The van der Waals surface area contributed by atoms with Crippen LogP contribution < -0.4 is 0 Å². The zero-order chi connectivity index (χ0) is 12.4. The number of hydrogen-bond donors (Lipinski definition) is 0. The largest absolute Gasteiger partial charge is 0.256 e. The summed E-state index contributed by atoms with van der Waals surface area (Å²) in [6.07, 6.45) is 2.99. The summed E-state index contributed by atoms with van der Waals surface area (Å²) >= 11 is 0. The Morgan fingerprint density at radius 1 is 0.889 bits per heavy atom. The summed E-state index contributed by atoms with van der Waals surface area (Å²) < 4.78 is 0. The molecule has 3 aromatic rings. The van der Waals surface area contributed by atoms with E-state index in [0.717, 1.165) is 11.9 Å². The van der Waals surface area contributed by atoms with Crippen LogP contribution >= 0.6 is 0 Å². The van der Waals surface area contributed by atoms with E-state index in [2.05, 4.69) is 60.4 Å². The van der Waals surface area contributed by atoms with Crippen LogP contribution in [0.2, 0.25) is 0 Å². The Balaban J connectivity index is 2.22. The molecule has 1 heterocycles. The van der Waals surface area contributed by atoms with E-state index in [1.54, 1.807) is 0 Å². The second-order valence-electron chi connectivity index (χ2n) is 4.43. The lowest BCUT2D eigenvalue weighted by Gasteiger charge is -2.06. The zero-order valence-electron chi connectivity index (χ0n) is 10.4. The van der Waals surface area contributed by atoms with Gasteiger partial charge in [0.1, 0.15) is 0 Å². The minimum absolute atomic E-state index is 1.04. The van der Waals surface area contributed by atoms with Crippen molar-refractivity contribution < 1.29 is 0 Å². The van der Waals surface area contributed by atoms with Gasteiger partial charge in [-0.1, -0.05) is 49.4 Å². The van der Waals surface area contributed by atoms with Crippen molar-refractivity contribution in [2.75, 3.05) is 0 Å². The Morgan fingerprint density at radius 3 is 2.50 bits per heavy atom. The third-order valence-corrected chi connectivity index (χ3v) is 3.30. The van der Waals surface area contributed by atoms with Gasteiger partial charge in [0.05, 0.1) is 5.52 Å². The number of aromatic nitrogens is 1. The van der Waals surface area contributed by atoms with Crippen LogP contribution in [-0.4, -0.2) is 4.98 Å². The molecule has 0 saturated carbocycles. The van der Waals surface area contributed by atoms with Crippen LogP contribution in [0.4, 0.5) is 0 Å². The van der Waals surface area contributed by atoms with Crippen LogP contribution in [0, 0.1) is 0 Å². The lowest BCUT2D eigenvalue weighted by molar-refractivity contribution is 1.16. The van der Waals surface area contributed by atoms with Crippen molar-refractivity contribution in [1.29, 1.82) is 0 Å². The molecule has 0 aliphatic carbocycles. The van der Waals surface area contributed by atoms with Gasteiger partial charge in [-0.2, -0.15) is 0 Å². The number of pyridine rings is 1. The molecule has 0 aliphatic heterocycles. The first-order chi connectivity index (χ1) is 8.88. The third-order valence-electron chi connectivity index (χ3n) is 3.30. The number of aryl methyl sites for hydroxylation is 1. The number of hydrogen-bond acceptors (Lipinski definition) is 1. The molecule has 18 heavy (non-hydrogen) atoms. The highest BCUT2D eigenvalue weighted by Crippen LogP contribution is 2.24. The average Bonchev–Trinajstić information content (AvgIpc) is 2.47. The van der Waals surface area contributed by atoms with E-state index in [4.69, 9.17) is 0 Å². The molecule has 0 bridgehead atoms. The molecule has 0 radical (unpaired) electrons. The van der Waals surface area contributed by atoms with Gasteiger partial charge < -0.3 is 0 Å². The molecule has 1 aromatic heterocycles. The highest BCUT2D eigenvalue weighted by atomic mass is 14.6. The van der Waals surface area contributed by atoms with Crippen LogP contribution in [0.3, 0.4) is 0 Å². The van der Waals surface area contributed by atoms with Gasteiger partial charge in [-0.05, 0) is 29.7 Å². The molecule has 3 rings (SSSR count). The molecule has 0 spiro atoms. The highest BCUT2D eigenvalue weighted by molar-refractivity contribution is 5.86. The molecule has 0 amide bonds. The van der Waals surface area contributed by atoms with Gasteiger partial charge in [0, 0.05) is 17.1 Å². The molecule has 0 N–H and O–H groups in total. The first-order valence-corrected chi connectivity index (χ1v) is 6.31. The molecule has 0 unspecified atom stereocenters. The fourth-order valence-electron chi connectivity index (χ4n) is 2.31. The van der Waals surface area contributed by atoms with E-state index >= 15 is 0 Å². The van der Waals surface area contributed by atoms with Crippen molar-refractivity contribution >= 4 is 10.9 Å². The van der Waals surface area contributed by atoms with E-state index in [0.29, 0.717) is 0 Å².